The van der Waals surface area contributed by atoms with Crippen LogP contribution in [0, 0.1) is 5.82 Å². The average Bonchev–Trinajstić information content (AvgIpc) is 3.67. The largest absolute Gasteiger partial charge is 0.342 e. The van der Waals surface area contributed by atoms with E-state index in [1.54, 1.807) is 42.6 Å². The highest BCUT2D eigenvalue weighted by molar-refractivity contribution is 6.30. The van der Waals surface area contributed by atoms with Crippen molar-refractivity contribution in [3.63, 3.8) is 0 Å². The molecule has 1 aliphatic heterocycles. The Balaban J connectivity index is 1.32. The number of carbonyl (C=O) groups excluding carboxylic acids is 2. The predicted octanol–water partition coefficient (Wildman–Crippen LogP) is 4.19. The van der Waals surface area contributed by atoms with Gasteiger partial charge >= 0.3 is 0 Å². The van der Waals surface area contributed by atoms with Crippen LogP contribution >= 0.6 is 11.6 Å². The van der Waals surface area contributed by atoms with Crippen molar-refractivity contribution in [2.24, 2.45) is 10.2 Å². The van der Waals surface area contributed by atoms with Crippen LogP contribution in [0.1, 0.15) is 28.7 Å². The zero-order valence-electron chi connectivity index (χ0n) is 21.1. The van der Waals surface area contributed by atoms with Gasteiger partial charge in [-0.05, 0) is 69.9 Å². The first-order chi connectivity index (χ1) is 19.4. The Morgan fingerprint density at radius 3 is 2.65 bits per heavy atom. The number of rotatable bonds is 10. The lowest BCUT2D eigenvalue weighted by Gasteiger charge is -2.17. The first-order valence-corrected chi connectivity index (χ1v) is 12.8. The molecule has 5 rings (SSSR count). The monoisotopic (exact) mass is 555 g/mol. The number of ketones is 1. The maximum atomic E-state index is 13.9. The standard InChI is InChI=1S/C29H23ClFN7O2/c30-23-9-10-27(38-18-33-36-37-38)22(17-23)8-11-29(40)34-26(15-20-2-1-3-24(31)14-20)28(39)16-19-4-6-21(7-5-19)25-12-13-32-35-25/h1-11,13-14,17-18,26H,12,15-16H2,(H,34,40)/b11-8+/t26-/m0/s1. The molecule has 40 heavy (non-hydrogen) atoms. The van der Waals surface area contributed by atoms with E-state index in [0.717, 1.165) is 16.8 Å². The summed E-state index contributed by atoms with van der Waals surface area (Å²) in [6.07, 6.45) is 6.93. The molecule has 0 spiro atoms. The molecular weight excluding hydrogens is 533 g/mol. The van der Waals surface area contributed by atoms with Crippen LogP contribution in [0.15, 0.2) is 89.3 Å². The van der Waals surface area contributed by atoms with Crippen molar-refractivity contribution in [1.29, 1.82) is 0 Å². The molecule has 0 saturated heterocycles. The second-order valence-corrected chi connectivity index (χ2v) is 9.51. The molecule has 1 aliphatic rings. The van der Waals surface area contributed by atoms with Gasteiger partial charge in [0.15, 0.2) is 5.78 Å². The summed E-state index contributed by atoms with van der Waals surface area (Å²) in [5, 5.41) is 22.4. The molecule has 0 saturated carbocycles. The van der Waals surface area contributed by atoms with Crippen molar-refractivity contribution in [3.05, 3.63) is 112 Å². The highest BCUT2D eigenvalue weighted by Gasteiger charge is 2.21. The molecule has 0 bridgehead atoms. The Morgan fingerprint density at radius 1 is 1.07 bits per heavy atom. The minimum absolute atomic E-state index is 0.0883. The van der Waals surface area contributed by atoms with Crippen LogP contribution in [0.25, 0.3) is 11.8 Å². The van der Waals surface area contributed by atoms with Gasteiger partial charge in [0.1, 0.15) is 12.1 Å². The Bertz CT molecular complexity index is 1620. The number of benzene rings is 3. The van der Waals surface area contributed by atoms with Gasteiger partial charge in [-0.1, -0.05) is 48.0 Å². The average molecular weight is 556 g/mol. The summed E-state index contributed by atoms with van der Waals surface area (Å²) < 4.78 is 15.3. The molecule has 200 valence electrons. The molecule has 4 aromatic rings. The summed E-state index contributed by atoms with van der Waals surface area (Å²) in [5.41, 5.74) is 4.39. The van der Waals surface area contributed by atoms with Gasteiger partial charge in [-0.3, -0.25) is 9.59 Å². The molecule has 0 fully saturated rings. The second kappa shape index (κ2) is 12.4. The highest BCUT2D eigenvalue weighted by Crippen LogP contribution is 2.20. The number of hydrogen-bond donors (Lipinski definition) is 1. The summed E-state index contributed by atoms with van der Waals surface area (Å²) in [7, 11) is 0. The van der Waals surface area contributed by atoms with Crippen LogP contribution in [-0.4, -0.2) is 49.9 Å². The summed E-state index contributed by atoms with van der Waals surface area (Å²) in [4.78, 5) is 26.4. The third-order valence-corrected chi connectivity index (χ3v) is 6.48. The van der Waals surface area contributed by atoms with Crippen LogP contribution in [0.3, 0.4) is 0 Å². The molecule has 9 nitrogen and oxygen atoms in total. The van der Waals surface area contributed by atoms with Crippen molar-refractivity contribution in [2.75, 3.05) is 0 Å². The number of nitrogens with one attached hydrogen (secondary N) is 1. The number of halogens is 2. The van der Waals surface area contributed by atoms with Crippen LogP contribution in [0.2, 0.25) is 5.02 Å². The Kier molecular flexibility index (Phi) is 8.26. The molecule has 1 atom stereocenters. The minimum Gasteiger partial charge on any atom is -0.342 e. The fraction of sp³-hybridized carbons (Fsp3) is 0.138. The molecule has 1 N–H and O–H groups in total. The van der Waals surface area contributed by atoms with Crippen LogP contribution in [0.5, 0.6) is 0 Å². The summed E-state index contributed by atoms with van der Waals surface area (Å²) in [6, 6.07) is 17.7. The molecule has 0 aliphatic carbocycles. The summed E-state index contributed by atoms with van der Waals surface area (Å²) in [5.74, 6) is -1.12. The van der Waals surface area contributed by atoms with Gasteiger partial charge < -0.3 is 5.32 Å². The zero-order valence-corrected chi connectivity index (χ0v) is 21.9. The third kappa shape index (κ3) is 6.78. The van der Waals surface area contributed by atoms with E-state index in [2.05, 4.69) is 31.0 Å². The Labute approximate surface area is 234 Å². The van der Waals surface area contributed by atoms with E-state index in [9.17, 15) is 14.0 Å². The normalized spacial score (nSPS) is 13.4. The fourth-order valence-corrected chi connectivity index (χ4v) is 4.44. The van der Waals surface area contributed by atoms with Crippen molar-refractivity contribution >= 4 is 41.3 Å². The quantitative estimate of drug-likeness (QED) is 0.295. The lowest BCUT2D eigenvalue weighted by Crippen LogP contribution is -2.42. The van der Waals surface area contributed by atoms with Gasteiger partial charge in [0.05, 0.1) is 17.4 Å². The molecule has 11 heteroatoms. The minimum atomic E-state index is -0.885. The zero-order chi connectivity index (χ0) is 27.9. The van der Waals surface area contributed by atoms with Gasteiger partial charge in [0, 0.05) is 35.7 Å². The smallest absolute Gasteiger partial charge is 0.244 e. The Morgan fingerprint density at radius 2 is 1.93 bits per heavy atom. The molecule has 0 unspecified atom stereocenters. The first-order valence-electron chi connectivity index (χ1n) is 12.4. The number of amides is 1. The van der Waals surface area contributed by atoms with E-state index in [0.29, 0.717) is 28.3 Å². The molecule has 0 radical (unpaired) electrons. The maximum absolute atomic E-state index is 13.9. The highest BCUT2D eigenvalue weighted by atomic mass is 35.5. The summed E-state index contributed by atoms with van der Waals surface area (Å²) in [6.45, 7) is 0. The van der Waals surface area contributed by atoms with E-state index in [-0.39, 0.29) is 18.6 Å². The van der Waals surface area contributed by atoms with E-state index in [1.165, 1.54) is 29.2 Å². The third-order valence-electron chi connectivity index (χ3n) is 6.24. The van der Waals surface area contributed by atoms with E-state index < -0.39 is 17.8 Å². The number of aromatic nitrogens is 4. The molecular formula is C29H23ClFN7O2. The number of nitrogens with zero attached hydrogens (tertiary/aromatic N) is 6. The molecule has 2 heterocycles. The Hall–Kier alpha value is -4.83. The molecule has 1 aromatic heterocycles. The summed E-state index contributed by atoms with van der Waals surface area (Å²) >= 11 is 6.16. The lowest BCUT2D eigenvalue weighted by atomic mass is 9.96. The molecule has 3 aromatic carbocycles. The van der Waals surface area contributed by atoms with Gasteiger partial charge in [-0.2, -0.15) is 14.9 Å². The van der Waals surface area contributed by atoms with Crippen molar-refractivity contribution in [3.8, 4) is 5.69 Å². The number of hydrogen-bond acceptors (Lipinski definition) is 7. The van der Waals surface area contributed by atoms with Crippen molar-refractivity contribution < 1.29 is 14.0 Å². The number of tetrazole rings is 1. The van der Waals surface area contributed by atoms with Crippen LogP contribution < -0.4 is 5.32 Å². The fourth-order valence-electron chi connectivity index (χ4n) is 4.26. The van der Waals surface area contributed by atoms with E-state index in [1.807, 2.05) is 24.3 Å². The second-order valence-electron chi connectivity index (χ2n) is 9.07. The predicted molar refractivity (Wildman–Crippen MR) is 150 cm³/mol. The van der Waals surface area contributed by atoms with Crippen molar-refractivity contribution in [2.45, 2.75) is 25.3 Å². The van der Waals surface area contributed by atoms with Crippen LogP contribution in [-0.2, 0) is 22.4 Å². The maximum Gasteiger partial charge on any atom is 0.244 e. The lowest BCUT2D eigenvalue weighted by molar-refractivity contribution is -0.125. The van der Waals surface area contributed by atoms with Gasteiger partial charge in [0.2, 0.25) is 5.91 Å². The molecule has 1 amide bonds. The van der Waals surface area contributed by atoms with E-state index in [4.69, 9.17) is 11.6 Å². The number of carbonyl (C=O) groups is 2. The first kappa shape index (κ1) is 26.8. The van der Waals surface area contributed by atoms with E-state index >= 15 is 0 Å². The van der Waals surface area contributed by atoms with Gasteiger partial charge in [-0.15, -0.1) is 5.10 Å². The number of Topliss-reactive ketones (excluding diaryl/α,β-unsaturated/α-hetero) is 1. The van der Waals surface area contributed by atoms with Gasteiger partial charge in [0.25, 0.3) is 0 Å². The van der Waals surface area contributed by atoms with Crippen LogP contribution in [0.4, 0.5) is 4.39 Å². The SMILES string of the molecule is O=C(/C=C/c1cc(Cl)ccc1-n1cnnn1)N[C@@H](Cc1cccc(F)c1)C(=O)Cc1ccc(C2=NN=CC2)cc1. The topological polar surface area (TPSA) is 114 Å². The van der Waals surface area contributed by atoms with Crippen molar-refractivity contribution in [1.82, 2.24) is 25.5 Å². The van der Waals surface area contributed by atoms with Gasteiger partial charge in [-0.25, -0.2) is 4.39 Å².